The molecule has 0 amide bonds. The highest BCUT2D eigenvalue weighted by molar-refractivity contribution is 5.54. The monoisotopic (exact) mass is 261 g/mol. The highest BCUT2D eigenvalue weighted by atomic mass is 15.2. The fourth-order valence-corrected chi connectivity index (χ4v) is 2.67. The van der Waals surface area contributed by atoms with Gasteiger partial charge in [0.1, 0.15) is 5.82 Å². The second-order valence-corrected chi connectivity index (χ2v) is 6.62. The van der Waals surface area contributed by atoms with Crippen LogP contribution in [0.25, 0.3) is 0 Å². The van der Waals surface area contributed by atoms with E-state index in [0.29, 0.717) is 5.41 Å². The third-order valence-corrected chi connectivity index (χ3v) is 4.08. The molecule has 1 aromatic rings. The van der Waals surface area contributed by atoms with Gasteiger partial charge in [-0.1, -0.05) is 27.7 Å². The molecule has 2 rings (SSSR count). The van der Waals surface area contributed by atoms with Crippen molar-refractivity contribution in [1.29, 1.82) is 0 Å². The summed E-state index contributed by atoms with van der Waals surface area (Å²) < 4.78 is 0. The van der Waals surface area contributed by atoms with Gasteiger partial charge in [0, 0.05) is 37.6 Å². The van der Waals surface area contributed by atoms with Crippen molar-refractivity contribution in [2.24, 2.45) is 11.3 Å². The summed E-state index contributed by atoms with van der Waals surface area (Å²) in [5, 5.41) is 3.36. The first-order valence-electron chi connectivity index (χ1n) is 7.45. The van der Waals surface area contributed by atoms with Gasteiger partial charge in [0.05, 0.1) is 0 Å². The van der Waals surface area contributed by atoms with Crippen molar-refractivity contribution in [2.45, 2.75) is 40.5 Å². The van der Waals surface area contributed by atoms with E-state index in [9.17, 15) is 0 Å². The molecule has 0 aromatic carbocycles. The Morgan fingerprint density at radius 1 is 1.42 bits per heavy atom. The van der Waals surface area contributed by atoms with Gasteiger partial charge in [-0.3, -0.25) is 0 Å². The minimum absolute atomic E-state index is 0.408. The molecule has 1 fully saturated rings. The molecule has 0 bridgehead atoms. The number of anilines is 2. The third-order valence-electron chi connectivity index (χ3n) is 4.08. The van der Waals surface area contributed by atoms with Crippen molar-refractivity contribution in [3.05, 3.63) is 18.3 Å². The SMILES string of the molecule is CCCNc1cc(N2CCC(C(C)(C)C)C2)ccn1. The van der Waals surface area contributed by atoms with Gasteiger partial charge in [-0.25, -0.2) is 4.98 Å². The van der Waals surface area contributed by atoms with E-state index >= 15 is 0 Å². The zero-order valence-electron chi connectivity index (χ0n) is 12.7. The van der Waals surface area contributed by atoms with Gasteiger partial charge in [-0.2, -0.15) is 0 Å². The lowest BCUT2D eigenvalue weighted by Crippen LogP contribution is -2.25. The van der Waals surface area contributed by atoms with E-state index in [4.69, 9.17) is 0 Å². The van der Waals surface area contributed by atoms with Gasteiger partial charge in [0.15, 0.2) is 0 Å². The van der Waals surface area contributed by atoms with Crippen LogP contribution in [0, 0.1) is 11.3 Å². The molecule has 1 unspecified atom stereocenters. The van der Waals surface area contributed by atoms with Crippen LogP contribution in [0.3, 0.4) is 0 Å². The van der Waals surface area contributed by atoms with Gasteiger partial charge < -0.3 is 10.2 Å². The average Bonchev–Trinajstić information content (AvgIpc) is 2.86. The predicted octanol–water partition coefficient (Wildman–Crippen LogP) is 3.78. The summed E-state index contributed by atoms with van der Waals surface area (Å²) in [5.41, 5.74) is 1.71. The van der Waals surface area contributed by atoms with E-state index in [1.54, 1.807) is 0 Å². The standard InChI is InChI=1S/C16H27N3/c1-5-8-17-15-11-14(6-9-18-15)19-10-7-13(12-19)16(2,3)4/h6,9,11,13H,5,7-8,10,12H2,1-4H3,(H,17,18). The van der Waals surface area contributed by atoms with E-state index < -0.39 is 0 Å². The molecule has 1 aliphatic rings. The Morgan fingerprint density at radius 3 is 2.84 bits per heavy atom. The minimum Gasteiger partial charge on any atom is -0.371 e. The predicted molar refractivity (Wildman–Crippen MR) is 82.8 cm³/mol. The molecule has 1 N–H and O–H groups in total. The van der Waals surface area contributed by atoms with Gasteiger partial charge in [0.25, 0.3) is 0 Å². The summed E-state index contributed by atoms with van der Waals surface area (Å²) in [4.78, 5) is 6.87. The van der Waals surface area contributed by atoms with Crippen LogP contribution in [-0.4, -0.2) is 24.6 Å². The number of rotatable bonds is 4. The maximum Gasteiger partial charge on any atom is 0.127 e. The van der Waals surface area contributed by atoms with Crippen molar-refractivity contribution in [1.82, 2.24) is 4.98 Å². The van der Waals surface area contributed by atoms with Crippen molar-refractivity contribution < 1.29 is 0 Å². The molecule has 0 spiro atoms. The molecule has 2 heterocycles. The van der Waals surface area contributed by atoms with E-state index in [2.05, 4.69) is 55.0 Å². The zero-order chi connectivity index (χ0) is 13.9. The summed E-state index contributed by atoms with van der Waals surface area (Å²) in [5.74, 6) is 1.78. The van der Waals surface area contributed by atoms with Crippen molar-refractivity contribution >= 4 is 11.5 Å². The zero-order valence-corrected chi connectivity index (χ0v) is 12.7. The average molecular weight is 261 g/mol. The molecule has 1 aromatic heterocycles. The quantitative estimate of drug-likeness (QED) is 0.894. The van der Waals surface area contributed by atoms with Crippen molar-refractivity contribution in [2.75, 3.05) is 29.9 Å². The Balaban J connectivity index is 2.03. The maximum atomic E-state index is 4.38. The summed E-state index contributed by atoms with van der Waals surface area (Å²) >= 11 is 0. The molecule has 19 heavy (non-hydrogen) atoms. The topological polar surface area (TPSA) is 28.2 Å². The number of pyridine rings is 1. The molecule has 0 aliphatic carbocycles. The maximum absolute atomic E-state index is 4.38. The first-order chi connectivity index (χ1) is 9.00. The second kappa shape index (κ2) is 5.81. The van der Waals surface area contributed by atoms with Crippen LogP contribution in [0.4, 0.5) is 11.5 Å². The Morgan fingerprint density at radius 2 is 2.21 bits per heavy atom. The number of nitrogens with zero attached hydrogens (tertiary/aromatic N) is 2. The van der Waals surface area contributed by atoms with E-state index in [1.807, 2.05) is 6.20 Å². The smallest absolute Gasteiger partial charge is 0.127 e. The first-order valence-corrected chi connectivity index (χ1v) is 7.45. The summed E-state index contributed by atoms with van der Waals surface area (Å²) in [6.45, 7) is 12.5. The Labute approximate surface area is 117 Å². The van der Waals surface area contributed by atoms with Crippen LogP contribution >= 0.6 is 0 Å². The first kappa shape index (κ1) is 14.2. The molecule has 0 radical (unpaired) electrons. The lowest BCUT2D eigenvalue weighted by atomic mass is 9.80. The normalized spacial score (nSPS) is 19.8. The Hall–Kier alpha value is -1.25. The summed E-state index contributed by atoms with van der Waals surface area (Å²) in [6, 6.07) is 4.31. The van der Waals surface area contributed by atoms with Crippen LogP contribution in [0.15, 0.2) is 18.3 Å². The molecule has 1 atom stereocenters. The van der Waals surface area contributed by atoms with Crippen molar-refractivity contribution in [3.63, 3.8) is 0 Å². The second-order valence-electron chi connectivity index (χ2n) is 6.62. The van der Waals surface area contributed by atoms with Crippen LogP contribution in [-0.2, 0) is 0 Å². The van der Waals surface area contributed by atoms with E-state index in [-0.39, 0.29) is 0 Å². The molecule has 1 aliphatic heterocycles. The Bertz CT molecular complexity index is 409. The number of hydrogen-bond acceptors (Lipinski definition) is 3. The van der Waals surface area contributed by atoms with Crippen LogP contribution in [0.1, 0.15) is 40.5 Å². The molecular formula is C16H27N3. The molecule has 1 saturated heterocycles. The Kier molecular flexibility index (Phi) is 4.33. The molecule has 3 nitrogen and oxygen atoms in total. The van der Waals surface area contributed by atoms with Gasteiger partial charge in [-0.15, -0.1) is 0 Å². The molecule has 106 valence electrons. The van der Waals surface area contributed by atoms with Gasteiger partial charge in [-0.05, 0) is 30.2 Å². The highest BCUT2D eigenvalue weighted by Crippen LogP contribution is 2.35. The van der Waals surface area contributed by atoms with Crippen LogP contribution < -0.4 is 10.2 Å². The lowest BCUT2D eigenvalue weighted by Gasteiger charge is -2.27. The van der Waals surface area contributed by atoms with Crippen LogP contribution in [0.2, 0.25) is 0 Å². The third kappa shape index (κ3) is 3.62. The number of nitrogens with one attached hydrogen (secondary N) is 1. The van der Waals surface area contributed by atoms with E-state index in [0.717, 1.165) is 24.7 Å². The minimum atomic E-state index is 0.408. The number of aromatic nitrogens is 1. The molecular weight excluding hydrogens is 234 g/mol. The van der Waals surface area contributed by atoms with E-state index in [1.165, 1.54) is 25.2 Å². The molecule has 0 saturated carbocycles. The fraction of sp³-hybridized carbons (Fsp3) is 0.688. The fourth-order valence-electron chi connectivity index (χ4n) is 2.67. The lowest BCUT2D eigenvalue weighted by molar-refractivity contribution is 0.263. The summed E-state index contributed by atoms with van der Waals surface area (Å²) in [6.07, 6.45) is 4.34. The van der Waals surface area contributed by atoms with Gasteiger partial charge in [0.2, 0.25) is 0 Å². The van der Waals surface area contributed by atoms with Gasteiger partial charge >= 0.3 is 0 Å². The highest BCUT2D eigenvalue weighted by Gasteiger charge is 2.31. The number of hydrogen-bond donors (Lipinski definition) is 1. The molecule has 3 heteroatoms. The van der Waals surface area contributed by atoms with Crippen LogP contribution in [0.5, 0.6) is 0 Å². The van der Waals surface area contributed by atoms with Crippen molar-refractivity contribution in [3.8, 4) is 0 Å². The largest absolute Gasteiger partial charge is 0.371 e. The summed E-state index contributed by atoms with van der Waals surface area (Å²) in [7, 11) is 0.